The number of benzene rings is 2. The molecule has 0 bridgehead atoms. The molecule has 0 unspecified atom stereocenters. The third kappa shape index (κ3) is 4.68. The lowest BCUT2D eigenvalue weighted by Gasteiger charge is -2.10. The third-order valence-electron chi connectivity index (χ3n) is 2.95. The first-order valence-electron chi connectivity index (χ1n) is 6.60. The Morgan fingerprint density at radius 3 is 2.52 bits per heavy atom. The van der Waals surface area contributed by atoms with Gasteiger partial charge in [0.1, 0.15) is 0 Å². The van der Waals surface area contributed by atoms with Gasteiger partial charge in [0.05, 0.1) is 27.2 Å². The highest BCUT2D eigenvalue weighted by molar-refractivity contribution is 7.89. The van der Waals surface area contributed by atoms with Gasteiger partial charge in [0.25, 0.3) is 0 Å². The van der Waals surface area contributed by atoms with Crippen molar-refractivity contribution in [1.29, 1.82) is 0 Å². The van der Waals surface area contributed by atoms with Gasteiger partial charge in [-0.2, -0.15) is 0 Å². The van der Waals surface area contributed by atoms with Crippen LogP contribution in [0.3, 0.4) is 0 Å². The second-order valence-electron chi connectivity index (χ2n) is 4.79. The monoisotopic (exact) mass is 372 g/mol. The second kappa shape index (κ2) is 7.31. The zero-order valence-electron chi connectivity index (χ0n) is 12.1. The van der Waals surface area contributed by atoms with Crippen LogP contribution in [0.15, 0.2) is 47.4 Å². The molecule has 0 heterocycles. The summed E-state index contributed by atoms with van der Waals surface area (Å²) in [6.07, 6.45) is 0. The average Bonchev–Trinajstić information content (AvgIpc) is 2.50. The highest BCUT2D eigenvalue weighted by atomic mass is 35.5. The molecule has 122 valence electrons. The van der Waals surface area contributed by atoms with Crippen molar-refractivity contribution in [3.05, 3.63) is 58.1 Å². The first kappa shape index (κ1) is 17.7. The van der Waals surface area contributed by atoms with E-state index in [1.165, 1.54) is 12.1 Å². The number of nitrogens with one attached hydrogen (secondary N) is 2. The fourth-order valence-electron chi connectivity index (χ4n) is 1.82. The number of hydrogen-bond acceptors (Lipinski definition) is 3. The van der Waals surface area contributed by atoms with Crippen molar-refractivity contribution in [1.82, 2.24) is 4.72 Å². The Labute approximate surface area is 144 Å². The number of carbonyl (C=O) groups excluding carboxylic acids is 1. The van der Waals surface area contributed by atoms with Crippen LogP contribution in [0.5, 0.6) is 0 Å². The Balaban J connectivity index is 2.03. The molecule has 2 aromatic rings. The quantitative estimate of drug-likeness (QED) is 0.845. The van der Waals surface area contributed by atoms with Crippen LogP contribution >= 0.6 is 23.2 Å². The van der Waals surface area contributed by atoms with Crippen LogP contribution in [0, 0.1) is 6.92 Å². The standard InChI is InChI=1S/C15H14Cl2N2O3S/c1-10-4-2-5-11(8-10)23(21,22)18-9-14(20)19-13-7-3-6-12(16)15(13)17/h2-8,18H,9H2,1H3,(H,19,20). The van der Waals surface area contributed by atoms with Gasteiger partial charge in [-0.05, 0) is 36.8 Å². The number of aryl methyl sites for hydroxylation is 1. The molecule has 0 aromatic heterocycles. The van der Waals surface area contributed by atoms with Crippen molar-refractivity contribution in [3.63, 3.8) is 0 Å². The van der Waals surface area contributed by atoms with Gasteiger partial charge < -0.3 is 5.32 Å². The molecule has 2 aromatic carbocycles. The van der Waals surface area contributed by atoms with Crippen LogP contribution in [-0.2, 0) is 14.8 Å². The Hall–Kier alpha value is -1.60. The largest absolute Gasteiger partial charge is 0.324 e. The molecule has 0 aliphatic rings. The molecule has 5 nitrogen and oxygen atoms in total. The number of rotatable bonds is 5. The summed E-state index contributed by atoms with van der Waals surface area (Å²) in [6, 6.07) is 11.2. The van der Waals surface area contributed by atoms with E-state index < -0.39 is 22.5 Å². The first-order valence-corrected chi connectivity index (χ1v) is 8.84. The van der Waals surface area contributed by atoms with Gasteiger partial charge in [0.15, 0.2) is 0 Å². The topological polar surface area (TPSA) is 75.3 Å². The van der Waals surface area contributed by atoms with E-state index in [9.17, 15) is 13.2 Å². The molecule has 0 saturated heterocycles. The highest BCUT2D eigenvalue weighted by Crippen LogP contribution is 2.29. The maximum Gasteiger partial charge on any atom is 0.241 e. The van der Waals surface area contributed by atoms with Crippen LogP contribution < -0.4 is 10.0 Å². The van der Waals surface area contributed by atoms with Gasteiger partial charge in [-0.1, -0.05) is 41.4 Å². The molecule has 0 aliphatic heterocycles. The molecule has 0 aliphatic carbocycles. The van der Waals surface area contributed by atoms with E-state index in [2.05, 4.69) is 10.0 Å². The maximum absolute atomic E-state index is 12.1. The van der Waals surface area contributed by atoms with E-state index in [0.29, 0.717) is 10.7 Å². The van der Waals surface area contributed by atoms with Gasteiger partial charge in [0, 0.05) is 0 Å². The summed E-state index contributed by atoms with van der Waals surface area (Å²) in [5.41, 5.74) is 1.13. The summed E-state index contributed by atoms with van der Waals surface area (Å²) in [5, 5.41) is 3.00. The summed E-state index contributed by atoms with van der Waals surface area (Å²) in [6.45, 7) is 1.37. The Kier molecular flexibility index (Phi) is 5.64. The summed E-state index contributed by atoms with van der Waals surface area (Å²) >= 11 is 11.8. The Morgan fingerprint density at radius 2 is 1.83 bits per heavy atom. The summed E-state index contributed by atoms with van der Waals surface area (Å²) < 4.78 is 26.5. The molecular weight excluding hydrogens is 359 g/mol. The van der Waals surface area contributed by atoms with Gasteiger partial charge in [0.2, 0.25) is 15.9 Å². The SMILES string of the molecule is Cc1cccc(S(=O)(=O)NCC(=O)Nc2cccc(Cl)c2Cl)c1. The zero-order chi connectivity index (χ0) is 17.0. The van der Waals surface area contributed by atoms with Crippen LogP contribution in [0.4, 0.5) is 5.69 Å². The minimum atomic E-state index is -3.76. The van der Waals surface area contributed by atoms with E-state index in [4.69, 9.17) is 23.2 Å². The number of carbonyl (C=O) groups is 1. The predicted octanol–water partition coefficient (Wildman–Crippen LogP) is 3.22. The average molecular weight is 373 g/mol. The molecule has 0 radical (unpaired) electrons. The van der Waals surface area contributed by atoms with Crippen molar-refractivity contribution < 1.29 is 13.2 Å². The Bertz CT molecular complexity index is 838. The van der Waals surface area contributed by atoms with Crippen LogP contribution in [0.1, 0.15) is 5.56 Å². The number of halogens is 2. The molecule has 0 fully saturated rings. The summed E-state index contributed by atoms with van der Waals surface area (Å²) in [4.78, 5) is 12.0. The predicted molar refractivity (Wildman–Crippen MR) is 91.5 cm³/mol. The minimum absolute atomic E-state index is 0.103. The van der Waals surface area contributed by atoms with E-state index >= 15 is 0 Å². The van der Waals surface area contributed by atoms with Crippen molar-refractivity contribution in [2.24, 2.45) is 0 Å². The van der Waals surface area contributed by atoms with Crippen molar-refractivity contribution >= 4 is 44.8 Å². The van der Waals surface area contributed by atoms with E-state index in [0.717, 1.165) is 5.56 Å². The second-order valence-corrected chi connectivity index (χ2v) is 7.34. The van der Waals surface area contributed by atoms with E-state index in [-0.39, 0.29) is 9.92 Å². The van der Waals surface area contributed by atoms with Crippen LogP contribution in [0.25, 0.3) is 0 Å². The van der Waals surface area contributed by atoms with Crippen LogP contribution in [-0.4, -0.2) is 20.9 Å². The van der Waals surface area contributed by atoms with Gasteiger partial charge in [-0.15, -0.1) is 0 Å². The summed E-state index contributed by atoms with van der Waals surface area (Å²) in [7, 11) is -3.76. The fraction of sp³-hybridized carbons (Fsp3) is 0.133. The molecule has 1 amide bonds. The summed E-state index contributed by atoms with van der Waals surface area (Å²) in [5.74, 6) is -0.551. The minimum Gasteiger partial charge on any atom is -0.324 e. The molecule has 0 spiro atoms. The normalized spacial score (nSPS) is 11.3. The van der Waals surface area contributed by atoms with Crippen LogP contribution in [0.2, 0.25) is 10.0 Å². The van der Waals surface area contributed by atoms with Crippen molar-refractivity contribution in [3.8, 4) is 0 Å². The van der Waals surface area contributed by atoms with E-state index in [1.807, 2.05) is 0 Å². The third-order valence-corrected chi connectivity index (χ3v) is 5.17. The molecule has 2 rings (SSSR count). The zero-order valence-corrected chi connectivity index (χ0v) is 14.5. The van der Waals surface area contributed by atoms with Crippen molar-refractivity contribution in [2.75, 3.05) is 11.9 Å². The van der Waals surface area contributed by atoms with Crippen molar-refractivity contribution in [2.45, 2.75) is 11.8 Å². The molecular formula is C15H14Cl2N2O3S. The smallest absolute Gasteiger partial charge is 0.241 e. The number of hydrogen-bond donors (Lipinski definition) is 2. The lowest BCUT2D eigenvalue weighted by molar-refractivity contribution is -0.115. The lowest BCUT2D eigenvalue weighted by Crippen LogP contribution is -2.33. The number of sulfonamides is 1. The molecule has 0 saturated carbocycles. The van der Waals surface area contributed by atoms with Gasteiger partial charge in [-0.25, -0.2) is 13.1 Å². The number of anilines is 1. The highest BCUT2D eigenvalue weighted by Gasteiger charge is 2.16. The molecule has 2 N–H and O–H groups in total. The fourth-order valence-corrected chi connectivity index (χ4v) is 3.26. The molecule has 8 heteroatoms. The maximum atomic E-state index is 12.1. The molecule has 23 heavy (non-hydrogen) atoms. The Morgan fingerprint density at radius 1 is 1.13 bits per heavy atom. The first-order chi connectivity index (χ1) is 10.8. The van der Waals surface area contributed by atoms with E-state index in [1.54, 1.807) is 37.3 Å². The lowest BCUT2D eigenvalue weighted by atomic mass is 10.2. The molecule has 0 atom stereocenters. The number of amides is 1. The van der Waals surface area contributed by atoms with Gasteiger partial charge >= 0.3 is 0 Å². The van der Waals surface area contributed by atoms with Gasteiger partial charge in [-0.3, -0.25) is 4.79 Å².